The zero-order valence-electron chi connectivity index (χ0n) is 11.4. The molecule has 0 saturated carbocycles. The number of hydrogen-bond acceptors (Lipinski definition) is 5. The SMILES string of the molecule is CCCNc1cc(Sc2cnn(C)c2)cc([N+](=O)[O-])c1. The van der Waals surface area contributed by atoms with Gasteiger partial charge in [0.2, 0.25) is 0 Å². The number of aromatic nitrogens is 2. The lowest BCUT2D eigenvalue weighted by molar-refractivity contribution is -0.385. The summed E-state index contributed by atoms with van der Waals surface area (Å²) < 4.78 is 1.70. The van der Waals surface area contributed by atoms with Crippen LogP contribution >= 0.6 is 11.8 Å². The molecular formula is C13H16N4O2S. The van der Waals surface area contributed by atoms with E-state index in [2.05, 4.69) is 17.3 Å². The van der Waals surface area contributed by atoms with E-state index in [4.69, 9.17) is 0 Å². The summed E-state index contributed by atoms with van der Waals surface area (Å²) >= 11 is 1.46. The molecule has 6 nitrogen and oxygen atoms in total. The van der Waals surface area contributed by atoms with Gasteiger partial charge in [-0.05, 0) is 12.5 Å². The predicted molar refractivity (Wildman–Crippen MR) is 79.2 cm³/mol. The fourth-order valence-electron chi connectivity index (χ4n) is 1.71. The Labute approximate surface area is 121 Å². The molecule has 0 unspecified atom stereocenters. The predicted octanol–water partition coefficient (Wildman–Crippen LogP) is 3.30. The van der Waals surface area contributed by atoms with Crippen LogP contribution in [0.2, 0.25) is 0 Å². The first-order valence-electron chi connectivity index (χ1n) is 6.28. The fraction of sp³-hybridized carbons (Fsp3) is 0.308. The van der Waals surface area contributed by atoms with Crippen molar-refractivity contribution in [2.45, 2.75) is 23.1 Å². The van der Waals surface area contributed by atoms with E-state index in [1.165, 1.54) is 11.8 Å². The highest BCUT2D eigenvalue weighted by Crippen LogP contribution is 2.32. The third-order valence-electron chi connectivity index (χ3n) is 2.60. The molecule has 7 heteroatoms. The van der Waals surface area contributed by atoms with Gasteiger partial charge in [-0.15, -0.1) is 0 Å². The minimum Gasteiger partial charge on any atom is -0.385 e. The van der Waals surface area contributed by atoms with E-state index in [9.17, 15) is 10.1 Å². The molecule has 0 saturated heterocycles. The molecular weight excluding hydrogens is 276 g/mol. The van der Waals surface area contributed by atoms with E-state index in [0.717, 1.165) is 28.4 Å². The molecule has 0 spiro atoms. The molecule has 0 bridgehead atoms. The molecule has 1 aromatic carbocycles. The summed E-state index contributed by atoms with van der Waals surface area (Å²) in [6.45, 7) is 2.84. The number of nitro benzene ring substituents is 1. The van der Waals surface area contributed by atoms with E-state index < -0.39 is 0 Å². The van der Waals surface area contributed by atoms with Crippen molar-refractivity contribution in [3.05, 3.63) is 40.7 Å². The van der Waals surface area contributed by atoms with Crippen LogP contribution < -0.4 is 5.32 Å². The normalized spacial score (nSPS) is 10.5. The summed E-state index contributed by atoms with van der Waals surface area (Å²) in [5.41, 5.74) is 0.866. The Kier molecular flexibility index (Phi) is 4.62. The third kappa shape index (κ3) is 3.74. The molecule has 0 atom stereocenters. The summed E-state index contributed by atoms with van der Waals surface area (Å²) in [7, 11) is 1.84. The second-order valence-electron chi connectivity index (χ2n) is 4.35. The van der Waals surface area contributed by atoms with Gasteiger partial charge in [0, 0.05) is 42.5 Å². The first-order valence-corrected chi connectivity index (χ1v) is 7.10. The molecule has 0 radical (unpaired) electrons. The van der Waals surface area contributed by atoms with Gasteiger partial charge in [-0.25, -0.2) is 0 Å². The van der Waals surface area contributed by atoms with Gasteiger partial charge in [0.05, 0.1) is 16.0 Å². The van der Waals surface area contributed by atoms with Crippen LogP contribution in [-0.4, -0.2) is 21.2 Å². The fourth-order valence-corrected chi connectivity index (χ4v) is 2.65. The number of anilines is 1. The monoisotopic (exact) mass is 292 g/mol. The van der Waals surface area contributed by atoms with Gasteiger partial charge >= 0.3 is 0 Å². The molecule has 20 heavy (non-hydrogen) atoms. The molecule has 2 rings (SSSR count). The van der Waals surface area contributed by atoms with Gasteiger partial charge in [0.1, 0.15) is 0 Å². The average molecular weight is 292 g/mol. The Morgan fingerprint density at radius 3 is 2.80 bits per heavy atom. The summed E-state index contributed by atoms with van der Waals surface area (Å²) in [4.78, 5) is 12.4. The van der Waals surface area contributed by atoms with Crippen molar-refractivity contribution in [1.29, 1.82) is 0 Å². The zero-order valence-corrected chi connectivity index (χ0v) is 12.2. The highest BCUT2D eigenvalue weighted by Gasteiger charge is 2.11. The van der Waals surface area contributed by atoms with Crippen LogP contribution in [0.25, 0.3) is 0 Å². The highest BCUT2D eigenvalue weighted by atomic mass is 32.2. The van der Waals surface area contributed by atoms with Crippen molar-refractivity contribution in [3.8, 4) is 0 Å². The van der Waals surface area contributed by atoms with Crippen LogP contribution in [0.5, 0.6) is 0 Å². The zero-order chi connectivity index (χ0) is 14.5. The van der Waals surface area contributed by atoms with Gasteiger partial charge in [-0.1, -0.05) is 18.7 Å². The summed E-state index contributed by atoms with van der Waals surface area (Å²) in [6, 6.07) is 5.05. The van der Waals surface area contributed by atoms with Gasteiger partial charge in [-0.2, -0.15) is 5.10 Å². The van der Waals surface area contributed by atoms with Crippen molar-refractivity contribution < 1.29 is 4.92 Å². The first-order chi connectivity index (χ1) is 9.58. The van der Waals surface area contributed by atoms with Crippen LogP contribution in [0.4, 0.5) is 11.4 Å². The van der Waals surface area contributed by atoms with Gasteiger partial charge in [0.25, 0.3) is 5.69 Å². The number of hydrogen-bond donors (Lipinski definition) is 1. The van der Waals surface area contributed by atoms with E-state index in [-0.39, 0.29) is 10.6 Å². The number of nitro groups is 1. The van der Waals surface area contributed by atoms with E-state index in [0.29, 0.717) is 0 Å². The Balaban J connectivity index is 2.26. The molecule has 1 N–H and O–H groups in total. The minimum atomic E-state index is -0.371. The lowest BCUT2D eigenvalue weighted by atomic mass is 10.2. The standard InChI is InChI=1S/C13H16N4O2S/c1-3-4-14-10-5-11(17(18)19)7-12(6-10)20-13-8-15-16(2)9-13/h5-9,14H,3-4H2,1-2H3. The van der Waals surface area contributed by atoms with E-state index in [1.54, 1.807) is 23.0 Å². The van der Waals surface area contributed by atoms with Crippen LogP contribution in [0, 0.1) is 10.1 Å². The largest absolute Gasteiger partial charge is 0.385 e. The molecule has 0 aliphatic rings. The number of non-ortho nitro benzene ring substituents is 1. The number of aryl methyl sites for hydroxylation is 1. The molecule has 106 valence electrons. The third-order valence-corrected chi connectivity index (χ3v) is 3.52. The Hall–Kier alpha value is -2.02. The molecule has 0 aliphatic heterocycles. The molecule has 0 aliphatic carbocycles. The van der Waals surface area contributed by atoms with Crippen LogP contribution in [0.15, 0.2) is 40.4 Å². The van der Waals surface area contributed by atoms with Crippen LogP contribution in [0.3, 0.4) is 0 Å². The van der Waals surface area contributed by atoms with Crippen molar-refractivity contribution in [1.82, 2.24) is 9.78 Å². The molecule has 1 heterocycles. The topological polar surface area (TPSA) is 73.0 Å². The maximum absolute atomic E-state index is 11.0. The van der Waals surface area contributed by atoms with Crippen molar-refractivity contribution in [2.24, 2.45) is 7.05 Å². The number of benzene rings is 1. The number of nitrogens with one attached hydrogen (secondary N) is 1. The van der Waals surface area contributed by atoms with Gasteiger partial charge < -0.3 is 5.32 Å². The van der Waals surface area contributed by atoms with Crippen molar-refractivity contribution >= 4 is 23.1 Å². The number of nitrogens with zero attached hydrogens (tertiary/aromatic N) is 3. The van der Waals surface area contributed by atoms with Crippen LogP contribution in [0.1, 0.15) is 13.3 Å². The molecule has 0 fully saturated rings. The minimum absolute atomic E-state index is 0.0949. The van der Waals surface area contributed by atoms with Crippen LogP contribution in [-0.2, 0) is 7.05 Å². The summed E-state index contributed by atoms with van der Waals surface area (Å²) in [5, 5.41) is 18.3. The lowest BCUT2D eigenvalue weighted by Gasteiger charge is -2.07. The Bertz CT molecular complexity index is 612. The Morgan fingerprint density at radius 1 is 1.40 bits per heavy atom. The second-order valence-corrected chi connectivity index (χ2v) is 5.50. The highest BCUT2D eigenvalue weighted by molar-refractivity contribution is 7.99. The quantitative estimate of drug-likeness (QED) is 0.653. The molecule has 1 aromatic heterocycles. The van der Waals surface area contributed by atoms with Gasteiger partial charge in [-0.3, -0.25) is 14.8 Å². The maximum Gasteiger partial charge on any atom is 0.272 e. The average Bonchev–Trinajstić information content (AvgIpc) is 2.81. The van der Waals surface area contributed by atoms with E-state index in [1.807, 2.05) is 19.3 Å². The maximum atomic E-state index is 11.0. The smallest absolute Gasteiger partial charge is 0.272 e. The van der Waals surface area contributed by atoms with Gasteiger partial charge in [0.15, 0.2) is 0 Å². The summed E-state index contributed by atoms with van der Waals surface area (Å²) in [6.07, 6.45) is 4.58. The lowest BCUT2D eigenvalue weighted by Crippen LogP contribution is -2.00. The Morgan fingerprint density at radius 2 is 2.20 bits per heavy atom. The van der Waals surface area contributed by atoms with Crippen molar-refractivity contribution in [2.75, 3.05) is 11.9 Å². The number of rotatable bonds is 6. The molecule has 0 amide bonds. The molecule has 2 aromatic rings. The van der Waals surface area contributed by atoms with E-state index >= 15 is 0 Å². The second kappa shape index (κ2) is 6.42. The van der Waals surface area contributed by atoms with Crippen molar-refractivity contribution in [3.63, 3.8) is 0 Å². The first kappa shape index (κ1) is 14.4. The summed E-state index contributed by atoms with van der Waals surface area (Å²) in [5.74, 6) is 0.